The van der Waals surface area contributed by atoms with Crippen molar-refractivity contribution in [3.63, 3.8) is 0 Å². The number of hydrogen-bond acceptors (Lipinski definition) is 0. The molecule has 0 N–H and O–H groups in total. The van der Waals surface area contributed by atoms with Gasteiger partial charge in [-0.15, -0.1) is 12.2 Å². The molecule has 0 bridgehead atoms. The van der Waals surface area contributed by atoms with E-state index in [1.165, 1.54) is 0 Å². The zero-order valence-corrected chi connectivity index (χ0v) is 7.88. The van der Waals surface area contributed by atoms with Crippen molar-refractivity contribution in [1.82, 2.24) is 0 Å². The minimum Gasteiger partial charge on any atom is -0.184 e. The van der Waals surface area contributed by atoms with Crippen LogP contribution < -0.4 is 0 Å². The molecule has 1 aliphatic rings. The van der Waals surface area contributed by atoms with Crippen LogP contribution in [0.25, 0.3) is 0 Å². The molecule has 0 saturated heterocycles. The van der Waals surface area contributed by atoms with Crippen LogP contribution in [0.3, 0.4) is 0 Å². The summed E-state index contributed by atoms with van der Waals surface area (Å²) in [5, 5.41) is 0. The summed E-state index contributed by atoms with van der Waals surface area (Å²) in [7, 11) is 0. The molecular formula is C8H7W-. The molecule has 9 heavy (non-hydrogen) atoms. The average Bonchev–Trinajstić information content (AvgIpc) is 1.62. The second-order valence-electron chi connectivity index (χ2n) is 1.46. The average molecular weight is 287 g/mol. The van der Waals surface area contributed by atoms with Gasteiger partial charge in [-0.3, -0.25) is 0 Å². The molecule has 0 spiro atoms. The van der Waals surface area contributed by atoms with Gasteiger partial charge in [0.05, 0.1) is 0 Å². The van der Waals surface area contributed by atoms with E-state index in [4.69, 9.17) is 0 Å². The van der Waals surface area contributed by atoms with E-state index in [2.05, 4.69) is 6.08 Å². The summed E-state index contributed by atoms with van der Waals surface area (Å²) < 4.78 is 0. The zero-order chi connectivity index (χ0) is 5.66. The number of rotatable bonds is 0. The topological polar surface area (TPSA) is 0 Å². The maximum Gasteiger partial charge on any atom is 0 e. The largest absolute Gasteiger partial charge is 0.184 e. The Morgan fingerprint density at radius 1 is 0.778 bits per heavy atom. The number of hydrogen-bond donors (Lipinski definition) is 0. The van der Waals surface area contributed by atoms with Gasteiger partial charge in [0.1, 0.15) is 0 Å². The zero-order valence-electron chi connectivity index (χ0n) is 4.95. The van der Waals surface area contributed by atoms with E-state index in [1.807, 2.05) is 42.5 Å². The Labute approximate surface area is 69.9 Å². The van der Waals surface area contributed by atoms with E-state index in [-0.39, 0.29) is 21.1 Å². The molecule has 1 aliphatic carbocycles. The molecule has 0 saturated carbocycles. The van der Waals surface area contributed by atoms with Crippen LogP contribution in [0, 0.1) is 6.08 Å². The van der Waals surface area contributed by atoms with Crippen molar-refractivity contribution in [2.24, 2.45) is 0 Å². The molecule has 0 nitrogen and oxygen atoms in total. The normalized spacial score (nSPS) is 14.2. The van der Waals surface area contributed by atoms with Gasteiger partial charge in [0.15, 0.2) is 0 Å². The molecule has 0 atom stereocenters. The third-order valence-electron chi connectivity index (χ3n) is 0.829. The van der Waals surface area contributed by atoms with Crippen molar-refractivity contribution in [3.8, 4) is 0 Å². The summed E-state index contributed by atoms with van der Waals surface area (Å²) in [6.07, 6.45) is 16.5. The second-order valence-corrected chi connectivity index (χ2v) is 1.46. The maximum atomic E-state index is 2.94. The van der Waals surface area contributed by atoms with Crippen LogP contribution in [0.2, 0.25) is 0 Å². The Bertz CT molecular complexity index is 105. The van der Waals surface area contributed by atoms with Crippen molar-refractivity contribution in [1.29, 1.82) is 0 Å². The first kappa shape index (κ1) is 8.65. The van der Waals surface area contributed by atoms with Gasteiger partial charge in [-0.2, -0.15) is 30.4 Å². The van der Waals surface area contributed by atoms with Crippen LogP contribution in [0.1, 0.15) is 0 Å². The van der Waals surface area contributed by atoms with Gasteiger partial charge < -0.3 is 0 Å². The molecule has 0 unspecified atom stereocenters. The van der Waals surface area contributed by atoms with Crippen LogP contribution in [-0.4, -0.2) is 0 Å². The molecule has 1 rings (SSSR count). The fourth-order valence-electron chi connectivity index (χ4n) is 0.470. The number of allylic oxidation sites excluding steroid dienone is 8. The first-order valence-corrected chi connectivity index (χ1v) is 2.58. The summed E-state index contributed by atoms with van der Waals surface area (Å²) in [6, 6.07) is 0. The van der Waals surface area contributed by atoms with E-state index >= 15 is 0 Å². The maximum absolute atomic E-state index is 2.94. The van der Waals surface area contributed by atoms with E-state index < -0.39 is 0 Å². The minimum atomic E-state index is 0. The Hall–Kier alpha value is -0.352. The summed E-state index contributed by atoms with van der Waals surface area (Å²) >= 11 is 0. The Balaban J connectivity index is 0.000000640. The Morgan fingerprint density at radius 3 is 2.33 bits per heavy atom. The standard InChI is InChI=1S/C8H7.W/c1-2-4-6-8-7-5-3-1;/h1-7H;/q-1;. The monoisotopic (exact) mass is 287 g/mol. The third-order valence-corrected chi connectivity index (χ3v) is 0.829. The van der Waals surface area contributed by atoms with Gasteiger partial charge in [-0.1, -0.05) is 6.08 Å². The van der Waals surface area contributed by atoms with Gasteiger partial charge in [0, 0.05) is 21.1 Å². The first-order valence-electron chi connectivity index (χ1n) is 2.58. The SMILES string of the molecule is [C-]1=CC=CC=CC=C1.[W]. The van der Waals surface area contributed by atoms with Gasteiger partial charge in [0.25, 0.3) is 0 Å². The molecule has 0 aromatic rings. The summed E-state index contributed by atoms with van der Waals surface area (Å²) in [5.74, 6) is 0. The van der Waals surface area contributed by atoms with Crippen molar-refractivity contribution in [2.75, 3.05) is 0 Å². The molecule has 0 aromatic heterocycles. The molecule has 0 fully saturated rings. The van der Waals surface area contributed by atoms with Crippen LogP contribution in [0.5, 0.6) is 0 Å². The van der Waals surface area contributed by atoms with E-state index in [0.29, 0.717) is 0 Å². The van der Waals surface area contributed by atoms with Crippen LogP contribution in [0.15, 0.2) is 42.5 Å². The molecule has 0 amide bonds. The van der Waals surface area contributed by atoms with Gasteiger partial charge >= 0.3 is 0 Å². The predicted molar refractivity (Wildman–Crippen MR) is 35.2 cm³/mol. The van der Waals surface area contributed by atoms with Crippen LogP contribution in [0.4, 0.5) is 0 Å². The van der Waals surface area contributed by atoms with Crippen LogP contribution in [-0.2, 0) is 21.1 Å². The fraction of sp³-hybridized carbons (Fsp3) is 0. The molecule has 0 aliphatic heterocycles. The first-order chi connectivity index (χ1) is 4.00. The minimum absolute atomic E-state index is 0. The fourth-order valence-corrected chi connectivity index (χ4v) is 0.470. The summed E-state index contributed by atoms with van der Waals surface area (Å²) in [5.41, 5.74) is 0. The summed E-state index contributed by atoms with van der Waals surface area (Å²) in [4.78, 5) is 0. The quantitative estimate of drug-likeness (QED) is 0.598. The van der Waals surface area contributed by atoms with E-state index in [9.17, 15) is 0 Å². The molecule has 0 aromatic carbocycles. The Kier molecular flexibility index (Phi) is 5.55. The predicted octanol–water partition coefficient (Wildman–Crippen LogP) is 2.03. The van der Waals surface area contributed by atoms with Crippen molar-refractivity contribution in [2.45, 2.75) is 0 Å². The summed E-state index contributed by atoms with van der Waals surface area (Å²) in [6.45, 7) is 0. The van der Waals surface area contributed by atoms with Gasteiger partial charge in [-0.25, -0.2) is 0 Å². The molecule has 46 valence electrons. The van der Waals surface area contributed by atoms with E-state index in [1.54, 1.807) is 0 Å². The molecule has 0 radical (unpaired) electrons. The van der Waals surface area contributed by atoms with Gasteiger partial charge in [0.2, 0.25) is 0 Å². The van der Waals surface area contributed by atoms with Crippen molar-refractivity contribution < 1.29 is 21.1 Å². The van der Waals surface area contributed by atoms with E-state index in [0.717, 1.165) is 0 Å². The second kappa shape index (κ2) is 5.78. The van der Waals surface area contributed by atoms with Gasteiger partial charge in [-0.05, 0) is 0 Å². The molecular weight excluding hydrogens is 280 g/mol. The molecule has 0 heterocycles. The smallest absolute Gasteiger partial charge is 0 e. The van der Waals surface area contributed by atoms with Crippen molar-refractivity contribution >= 4 is 0 Å². The molecule has 1 heteroatoms. The van der Waals surface area contributed by atoms with Crippen molar-refractivity contribution in [3.05, 3.63) is 48.6 Å². The van der Waals surface area contributed by atoms with Crippen LogP contribution >= 0.6 is 0 Å². The Morgan fingerprint density at radius 2 is 1.44 bits per heavy atom. The third kappa shape index (κ3) is 4.17.